The third-order valence-electron chi connectivity index (χ3n) is 4.15. The minimum atomic E-state index is -0.433. The van der Waals surface area contributed by atoms with Gasteiger partial charge in [-0.15, -0.1) is 10.2 Å². The Bertz CT molecular complexity index is 916. The fraction of sp³-hybridized carbons (Fsp3) is 0.353. The summed E-state index contributed by atoms with van der Waals surface area (Å²) in [5.74, 6) is 1.38. The smallest absolute Gasteiger partial charge is 0.290 e. The number of amides is 1. The second-order valence-electron chi connectivity index (χ2n) is 5.74. The number of hydrogen-bond donors (Lipinski definition) is 0. The first-order valence-corrected chi connectivity index (χ1v) is 7.92. The van der Waals surface area contributed by atoms with E-state index in [1.54, 1.807) is 31.1 Å². The molecule has 0 aliphatic carbocycles. The SMILES string of the molecule is COc1cccc2cc(C(=O)N3CCOCC3c3nnc(C)o3)oc12. The number of benzene rings is 1. The van der Waals surface area contributed by atoms with Gasteiger partial charge in [0, 0.05) is 18.9 Å². The number of nitrogens with zero attached hydrogens (tertiary/aromatic N) is 3. The van der Waals surface area contributed by atoms with Crippen LogP contribution in [0.2, 0.25) is 0 Å². The summed E-state index contributed by atoms with van der Waals surface area (Å²) in [5.41, 5.74) is 0.548. The van der Waals surface area contributed by atoms with Crippen LogP contribution >= 0.6 is 0 Å². The van der Waals surface area contributed by atoms with Gasteiger partial charge < -0.3 is 23.2 Å². The van der Waals surface area contributed by atoms with Crippen LogP contribution in [-0.4, -0.2) is 47.9 Å². The Hall–Kier alpha value is -2.87. The summed E-state index contributed by atoms with van der Waals surface area (Å²) < 4.78 is 22.0. The first kappa shape index (κ1) is 15.6. The van der Waals surface area contributed by atoms with E-state index in [2.05, 4.69) is 10.2 Å². The summed E-state index contributed by atoms with van der Waals surface area (Å²) >= 11 is 0. The molecule has 1 aliphatic rings. The van der Waals surface area contributed by atoms with Gasteiger partial charge in [0.15, 0.2) is 17.1 Å². The van der Waals surface area contributed by atoms with E-state index in [1.807, 2.05) is 12.1 Å². The van der Waals surface area contributed by atoms with Crippen molar-refractivity contribution >= 4 is 16.9 Å². The van der Waals surface area contributed by atoms with Crippen LogP contribution in [0.15, 0.2) is 33.1 Å². The number of hydrogen-bond acceptors (Lipinski definition) is 7. The Kier molecular flexibility index (Phi) is 3.89. The van der Waals surface area contributed by atoms with Crippen LogP contribution in [0.4, 0.5) is 0 Å². The molecule has 0 radical (unpaired) electrons. The molecule has 1 atom stereocenters. The molecule has 130 valence electrons. The number of fused-ring (bicyclic) bond motifs is 1. The molecule has 1 amide bonds. The van der Waals surface area contributed by atoms with Crippen molar-refractivity contribution in [2.45, 2.75) is 13.0 Å². The highest BCUT2D eigenvalue weighted by Gasteiger charge is 2.34. The van der Waals surface area contributed by atoms with Crippen LogP contribution in [0.3, 0.4) is 0 Å². The molecule has 2 aromatic heterocycles. The molecule has 8 heteroatoms. The zero-order chi connectivity index (χ0) is 17.4. The number of methoxy groups -OCH3 is 1. The molecule has 1 aromatic carbocycles. The summed E-state index contributed by atoms with van der Waals surface area (Å²) in [6, 6.07) is 6.79. The third kappa shape index (κ3) is 2.74. The maximum Gasteiger partial charge on any atom is 0.290 e. The van der Waals surface area contributed by atoms with Crippen LogP contribution in [0.25, 0.3) is 11.0 Å². The van der Waals surface area contributed by atoms with Crippen LogP contribution in [0.1, 0.15) is 28.4 Å². The highest BCUT2D eigenvalue weighted by Crippen LogP contribution is 2.31. The van der Waals surface area contributed by atoms with Crippen LogP contribution in [0, 0.1) is 6.92 Å². The van der Waals surface area contributed by atoms with Gasteiger partial charge in [-0.05, 0) is 12.1 Å². The zero-order valence-corrected chi connectivity index (χ0v) is 13.9. The maximum atomic E-state index is 13.0. The monoisotopic (exact) mass is 343 g/mol. The van der Waals surface area contributed by atoms with Crippen molar-refractivity contribution in [3.05, 3.63) is 41.8 Å². The number of carbonyl (C=O) groups excluding carboxylic acids is 1. The standard InChI is InChI=1S/C17H17N3O5/c1-10-18-19-16(24-10)12-9-23-7-6-20(12)17(21)14-8-11-4-3-5-13(22-2)15(11)25-14/h3-5,8,12H,6-7,9H2,1-2H3. The average Bonchev–Trinajstić information content (AvgIpc) is 3.27. The summed E-state index contributed by atoms with van der Waals surface area (Å²) in [4.78, 5) is 14.6. The fourth-order valence-corrected chi connectivity index (χ4v) is 2.94. The van der Waals surface area contributed by atoms with E-state index < -0.39 is 6.04 Å². The fourth-order valence-electron chi connectivity index (χ4n) is 2.94. The molecular weight excluding hydrogens is 326 g/mol. The van der Waals surface area contributed by atoms with Gasteiger partial charge in [-0.25, -0.2) is 0 Å². The second kappa shape index (κ2) is 6.21. The molecule has 25 heavy (non-hydrogen) atoms. The average molecular weight is 343 g/mol. The lowest BCUT2D eigenvalue weighted by Crippen LogP contribution is -2.43. The predicted octanol–water partition coefficient (Wildman–Crippen LogP) is 2.35. The van der Waals surface area contributed by atoms with E-state index in [1.165, 1.54) is 0 Å². The van der Waals surface area contributed by atoms with E-state index in [0.717, 1.165) is 5.39 Å². The Labute approximate surface area is 143 Å². The molecular formula is C17H17N3O5. The van der Waals surface area contributed by atoms with E-state index in [0.29, 0.717) is 42.9 Å². The van der Waals surface area contributed by atoms with Crippen molar-refractivity contribution in [3.63, 3.8) is 0 Å². The summed E-state index contributed by atoms with van der Waals surface area (Å²) in [6.45, 7) is 2.87. The largest absolute Gasteiger partial charge is 0.493 e. The molecule has 1 aliphatic heterocycles. The van der Waals surface area contributed by atoms with E-state index in [-0.39, 0.29) is 11.7 Å². The van der Waals surface area contributed by atoms with Gasteiger partial charge in [-0.3, -0.25) is 4.79 Å². The van der Waals surface area contributed by atoms with Crippen molar-refractivity contribution in [1.82, 2.24) is 15.1 Å². The molecule has 8 nitrogen and oxygen atoms in total. The summed E-state index contributed by atoms with van der Waals surface area (Å²) in [5, 5.41) is 8.67. The number of aromatic nitrogens is 2. The van der Waals surface area contributed by atoms with Gasteiger partial charge in [0.1, 0.15) is 6.04 Å². The van der Waals surface area contributed by atoms with Gasteiger partial charge in [-0.2, -0.15) is 0 Å². The molecule has 1 unspecified atom stereocenters. The Morgan fingerprint density at radius 1 is 1.32 bits per heavy atom. The van der Waals surface area contributed by atoms with Crippen LogP contribution in [-0.2, 0) is 4.74 Å². The Morgan fingerprint density at radius 3 is 2.96 bits per heavy atom. The second-order valence-corrected chi connectivity index (χ2v) is 5.74. The van der Waals surface area contributed by atoms with E-state index in [4.69, 9.17) is 18.3 Å². The molecule has 3 heterocycles. The number of ether oxygens (including phenoxy) is 2. The number of furan rings is 1. The zero-order valence-electron chi connectivity index (χ0n) is 13.9. The summed E-state index contributed by atoms with van der Waals surface area (Å²) in [6.07, 6.45) is 0. The highest BCUT2D eigenvalue weighted by molar-refractivity contribution is 5.97. The van der Waals surface area contributed by atoms with Gasteiger partial charge in [0.2, 0.25) is 11.8 Å². The van der Waals surface area contributed by atoms with Crippen molar-refractivity contribution in [2.75, 3.05) is 26.9 Å². The Balaban J connectivity index is 1.68. The minimum absolute atomic E-state index is 0.239. The number of para-hydroxylation sites is 1. The summed E-state index contributed by atoms with van der Waals surface area (Å²) in [7, 11) is 1.56. The normalized spacial score (nSPS) is 17.8. The number of morpholine rings is 1. The molecule has 0 saturated carbocycles. The van der Waals surface area contributed by atoms with Crippen LogP contribution < -0.4 is 4.74 Å². The molecule has 0 spiro atoms. The number of rotatable bonds is 3. The molecule has 0 bridgehead atoms. The van der Waals surface area contributed by atoms with Crippen molar-refractivity contribution < 1.29 is 23.1 Å². The van der Waals surface area contributed by atoms with E-state index in [9.17, 15) is 4.79 Å². The highest BCUT2D eigenvalue weighted by atomic mass is 16.5. The number of carbonyl (C=O) groups is 1. The topological polar surface area (TPSA) is 90.8 Å². The van der Waals surface area contributed by atoms with Gasteiger partial charge in [-0.1, -0.05) is 12.1 Å². The van der Waals surface area contributed by atoms with Crippen LogP contribution in [0.5, 0.6) is 5.75 Å². The lowest BCUT2D eigenvalue weighted by molar-refractivity contribution is -0.0120. The van der Waals surface area contributed by atoms with Gasteiger partial charge in [0.05, 0.1) is 20.3 Å². The Morgan fingerprint density at radius 2 is 2.20 bits per heavy atom. The lowest BCUT2D eigenvalue weighted by Gasteiger charge is -2.32. The minimum Gasteiger partial charge on any atom is -0.493 e. The van der Waals surface area contributed by atoms with E-state index >= 15 is 0 Å². The molecule has 0 N–H and O–H groups in total. The molecule has 3 aromatic rings. The van der Waals surface area contributed by atoms with Gasteiger partial charge >= 0.3 is 0 Å². The quantitative estimate of drug-likeness (QED) is 0.721. The first-order valence-electron chi connectivity index (χ1n) is 7.92. The van der Waals surface area contributed by atoms with Gasteiger partial charge in [0.25, 0.3) is 5.91 Å². The van der Waals surface area contributed by atoms with Crippen molar-refractivity contribution in [3.8, 4) is 5.75 Å². The van der Waals surface area contributed by atoms with Crippen molar-refractivity contribution in [1.29, 1.82) is 0 Å². The predicted molar refractivity (Wildman–Crippen MR) is 86.4 cm³/mol. The lowest BCUT2D eigenvalue weighted by atomic mass is 10.2. The third-order valence-corrected chi connectivity index (χ3v) is 4.15. The maximum absolute atomic E-state index is 13.0. The molecule has 1 fully saturated rings. The van der Waals surface area contributed by atoms with Crippen molar-refractivity contribution in [2.24, 2.45) is 0 Å². The number of aryl methyl sites for hydroxylation is 1. The first-order chi connectivity index (χ1) is 12.2. The molecule has 1 saturated heterocycles. The molecule has 4 rings (SSSR count).